The molecule has 1 aliphatic carbocycles. The predicted octanol–water partition coefficient (Wildman–Crippen LogP) is 6.00. The van der Waals surface area contributed by atoms with Gasteiger partial charge in [0.1, 0.15) is 0 Å². The van der Waals surface area contributed by atoms with Gasteiger partial charge in [-0.25, -0.2) is 4.79 Å². The largest absolute Gasteiger partial charge is 0.478 e. The van der Waals surface area contributed by atoms with E-state index < -0.39 is 5.97 Å². The second-order valence-corrected chi connectivity index (χ2v) is 7.81. The molecule has 2 aromatic rings. The fraction of sp³-hybridized carbons (Fsp3) is 0.417. The molecule has 0 atom stereocenters. The van der Waals surface area contributed by atoms with Crippen molar-refractivity contribution in [3.63, 3.8) is 0 Å². The number of aromatic carboxylic acids is 1. The van der Waals surface area contributed by atoms with E-state index in [4.69, 9.17) is 0 Å². The Morgan fingerprint density at radius 2 is 1.63 bits per heavy atom. The number of benzene rings is 2. The standard InChI is InChI=1S/C24H28O3/c1-3-4-17-6-8-18(9-7-17)19-10-12-20(13-11-19)23(25)22-15-16(2)5-14-21(22)24(26)27/h5,10-15,17-18H,3-4,6-9H2,1-2H3,(H,26,27)/t17-,18-. The van der Waals surface area contributed by atoms with Gasteiger partial charge in [-0.05, 0) is 62.1 Å². The lowest BCUT2D eigenvalue weighted by molar-refractivity contribution is 0.0693. The van der Waals surface area contributed by atoms with Crippen molar-refractivity contribution in [2.75, 3.05) is 0 Å². The van der Waals surface area contributed by atoms with Crippen LogP contribution in [0.3, 0.4) is 0 Å². The molecule has 0 radical (unpaired) electrons. The van der Waals surface area contributed by atoms with E-state index in [1.807, 2.05) is 31.2 Å². The summed E-state index contributed by atoms with van der Waals surface area (Å²) in [6.07, 6.45) is 7.64. The van der Waals surface area contributed by atoms with Gasteiger partial charge in [0, 0.05) is 11.1 Å². The molecule has 0 amide bonds. The molecule has 3 nitrogen and oxygen atoms in total. The van der Waals surface area contributed by atoms with E-state index in [0.29, 0.717) is 11.5 Å². The van der Waals surface area contributed by atoms with Gasteiger partial charge in [-0.3, -0.25) is 4.79 Å². The van der Waals surface area contributed by atoms with Crippen molar-refractivity contribution >= 4 is 11.8 Å². The number of carbonyl (C=O) groups excluding carboxylic acids is 1. The second-order valence-electron chi connectivity index (χ2n) is 7.81. The number of carboxylic acid groups (broad SMARTS) is 1. The van der Waals surface area contributed by atoms with E-state index in [0.717, 1.165) is 11.5 Å². The highest BCUT2D eigenvalue weighted by atomic mass is 16.4. The summed E-state index contributed by atoms with van der Waals surface area (Å²) in [5.41, 5.74) is 3.04. The van der Waals surface area contributed by atoms with Crippen LogP contribution in [0.15, 0.2) is 42.5 Å². The van der Waals surface area contributed by atoms with E-state index in [1.54, 1.807) is 12.1 Å². The third-order valence-electron chi connectivity index (χ3n) is 5.84. The lowest BCUT2D eigenvalue weighted by Crippen LogP contribution is -2.13. The van der Waals surface area contributed by atoms with Crippen LogP contribution in [0.1, 0.15) is 88.8 Å². The highest BCUT2D eigenvalue weighted by molar-refractivity contribution is 6.14. The normalized spacial score (nSPS) is 19.6. The number of carbonyl (C=O) groups is 2. The quantitative estimate of drug-likeness (QED) is 0.640. The molecular formula is C24H28O3. The lowest BCUT2D eigenvalue weighted by atomic mass is 9.77. The van der Waals surface area contributed by atoms with Gasteiger partial charge in [-0.15, -0.1) is 0 Å². The van der Waals surface area contributed by atoms with Crippen LogP contribution in [0.4, 0.5) is 0 Å². The summed E-state index contributed by atoms with van der Waals surface area (Å²) in [6, 6.07) is 12.7. The molecule has 1 fully saturated rings. The molecule has 1 N–H and O–H groups in total. The Kier molecular flexibility index (Phi) is 6.10. The molecule has 0 unspecified atom stereocenters. The number of hydrogen-bond donors (Lipinski definition) is 1. The molecule has 3 heteroatoms. The maximum atomic E-state index is 12.9. The minimum Gasteiger partial charge on any atom is -0.478 e. The van der Waals surface area contributed by atoms with Crippen molar-refractivity contribution in [1.29, 1.82) is 0 Å². The average molecular weight is 364 g/mol. The summed E-state index contributed by atoms with van der Waals surface area (Å²) in [7, 11) is 0. The summed E-state index contributed by atoms with van der Waals surface area (Å²) in [5.74, 6) is 0.159. The van der Waals surface area contributed by atoms with E-state index in [9.17, 15) is 14.7 Å². The number of carboxylic acids is 1. The van der Waals surface area contributed by atoms with Gasteiger partial charge in [-0.2, -0.15) is 0 Å². The van der Waals surface area contributed by atoms with Crippen molar-refractivity contribution in [1.82, 2.24) is 0 Å². The van der Waals surface area contributed by atoms with Crippen LogP contribution in [0.25, 0.3) is 0 Å². The van der Waals surface area contributed by atoms with Crippen LogP contribution < -0.4 is 0 Å². The van der Waals surface area contributed by atoms with Crippen LogP contribution in [-0.4, -0.2) is 16.9 Å². The Balaban J connectivity index is 1.75. The smallest absolute Gasteiger partial charge is 0.336 e. The van der Waals surface area contributed by atoms with Crippen LogP contribution in [-0.2, 0) is 0 Å². The molecule has 1 saturated carbocycles. The van der Waals surface area contributed by atoms with Crippen LogP contribution in [0.2, 0.25) is 0 Å². The van der Waals surface area contributed by atoms with Crippen molar-refractivity contribution in [2.24, 2.45) is 5.92 Å². The number of ketones is 1. The zero-order valence-electron chi connectivity index (χ0n) is 16.2. The van der Waals surface area contributed by atoms with Gasteiger partial charge in [0.05, 0.1) is 5.56 Å². The van der Waals surface area contributed by atoms with Gasteiger partial charge in [0.2, 0.25) is 0 Å². The summed E-state index contributed by atoms with van der Waals surface area (Å²) in [6.45, 7) is 4.12. The van der Waals surface area contributed by atoms with Gasteiger partial charge < -0.3 is 5.11 Å². The summed E-state index contributed by atoms with van der Waals surface area (Å²) in [5, 5.41) is 9.37. The zero-order chi connectivity index (χ0) is 19.4. The Labute approximate surface area is 161 Å². The molecule has 0 bridgehead atoms. The number of aryl methyl sites for hydroxylation is 1. The summed E-state index contributed by atoms with van der Waals surface area (Å²) in [4.78, 5) is 24.3. The SMILES string of the molecule is CCC[C@H]1CC[C@H](c2ccc(C(=O)c3cc(C)ccc3C(=O)O)cc2)CC1. The monoisotopic (exact) mass is 364 g/mol. The van der Waals surface area contributed by atoms with Gasteiger partial charge in [0.25, 0.3) is 0 Å². The highest BCUT2D eigenvalue weighted by Crippen LogP contribution is 2.37. The minimum atomic E-state index is -1.07. The lowest BCUT2D eigenvalue weighted by Gasteiger charge is -2.28. The summed E-state index contributed by atoms with van der Waals surface area (Å²) >= 11 is 0. The fourth-order valence-electron chi connectivity index (χ4n) is 4.29. The minimum absolute atomic E-state index is 0.0592. The first kappa shape index (κ1) is 19.3. The first-order valence-electron chi connectivity index (χ1n) is 9.98. The Hall–Kier alpha value is -2.42. The molecule has 0 heterocycles. The second kappa shape index (κ2) is 8.51. The average Bonchev–Trinajstić information content (AvgIpc) is 2.68. The summed E-state index contributed by atoms with van der Waals surface area (Å²) < 4.78 is 0. The molecule has 0 aromatic heterocycles. The van der Waals surface area contributed by atoms with Crippen LogP contribution >= 0.6 is 0 Å². The molecule has 2 aromatic carbocycles. The van der Waals surface area contributed by atoms with E-state index >= 15 is 0 Å². The van der Waals surface area contributed by atoms with Crippen molar-refractivity contribution < 1.29 is 14.7 Å². The zero-order valence-corrected chi connectivity index (χ0v) is 16.2. The molecule has 142 valence electrons. The maximum Gasteiger partial charge on any atom is 0.336 e. The molecule has 0 aliphatic heterocycles. The molecule has 1 aliphatic rings. The van der Waals surface area contributed by atoms with Crippen LogP contribution in [0, 0.1) is 12.8 Å². The van der Waals surface area contributed by atoms with Gasteiger partial charge >= 0.3 is 5.97 Å². The van der Waals surface area contributed by atoms with E-state index in [2.05, 4.69) is 6.92 Å². The van der Waals surface area contributed by atoms with Crippen LogP contribution in [0.5, 0.6) is 0 Å². The maximum absolute atomic E-state index is 12.9. The third kappa shape index (κ3) is 4.47. The third-order valence-corrected chi connectivity index (χ3v) is 5.84. The molecule has 3 rings (SSSR count). The Bertz CT molecular complexity index is 812. The first-order valence-corrected chi connectivity index (χ1v) is 9.98. The molecule has 27 heavy (non-hydrogen) atoms. The van der Waals surface area contributed by atoms with Crippen molar-refractivity contribution in [3.05, 3.63) is 70.3 Å². The van der Waals surface area contributed by atoms with Gasteiger partial charge in [-0.1, -0.05) is 55.7 Å². The van der Waals surface area contributed by atoms with E-state index in [-0.39, 0.29) is 16.9 Å². The Morgan fingerprint density at radius 3 is 2.22 bits per heavy atom. The van der Waals surface area contributed by atoms with E-state index in [1.165, 1.54) is 50.2 Å². The van der Waals surface area contributed by atoms with Crippen molar-refractivity contribution in [3.8, 4) is 0 Å². The molecular weight excluding hydrogens is 336 g/mol. The number of rotatable bonds is 6. The van der Waals surface area contributed by atoms with Crippen molar-refractivity contribution in [2.45, 2.75) is 58.3 Å². The fourth-order valence-corrected chi connectivity index (χ4v) is 4.29. The van der Waals surface area contributed by atoms with Gasteiger partial charge in [0.15, 0.2) is 5.78 Å². The highest BCUT2D eigenvalue weighted by Gasteiger charge is 2.23. The Morgan fingerprint density at radius 1 is 0.963 bits per heavy atom. The molecule has 0 spiro atoms. The first-order chi connectivity index (χ1) is 13.0. The predicted molar refractivity (Wildman–Crippen MR) is 108 cm³/mol. The topological polar surface area (TPSA) is 54.4 Å². The molecule has 0 saturated heterocycles. The number of hydrogen-bond acceptors (Lipinski definition) is 2.